The zero-order valence-corrected chi connectivity index (χ0v) is 15.3. The van der Waals surface area contributed by atoms with Crippen molar-refractivity contribution in [1.29, 1.82) is 0 Å². The zero-order valence-electron chi connectivity index (χ0n) is 15.3. The van der Waals surface area contributed by atoms with Crippen LogP contribution >= 0.6 is 0 Å². The molecular weight excluding hydrogens is 322 g/mol. The number of halogens is 2. The summed E-state index contributed by atoms with van der Waals surface area (Å²) in [5.74, 6) is -1.31. The molecule has 0 aromatic heterocycles. The van der Waals surface area contributed by atoms with Gasteiger partial charge in [-0.3, -0.25) is 9.59 Å². The first-order valence-electron chi connectivity index (χ1n) is 8.16. The third kappa shape index (κ3) is 10.7. The summed E-state index contributed by atoms with van der Waals surface area (Å²) >= 11 is 0. The fourth-order valence-corrected chi connectivity index (χ4v) is 1.48. The first-order valence-corrected chi connectivity index (χ1v) is 8.16. The molecule has 0 spiro atoms. The lowest BCUT2D eigenvalue weighted by atomic mass is 10.1. The highest BCUT2D eigenvalue weighted by molar-refractivity contribution is 6.12. The predicted molar refractivity (Wildman–Crippen MR) is 101 cm³/mol. The number of rotatable bonds is 7. The van der Waals surface area contributed by atoms with E-state index in [2.05, 4.69) is 6.58 Å². The molecule has 136 valence electrons. The van der Waals surface area contributed by atoms with Gasteiger partial charge in [-0.2, -0.15) is 0 Å². The van der Waals surface area contributed by atoms with Gasteiger partial charge in [0.2, 0.25) is 0 Å². The van der Waals surface area contributed by atoms with Crippen LogP contribution in [0, 0.1) is 5.82 Å². The van der Waals surface area contributed by atoms with Crippen LogP contribution in [0.25, 0.3) is 0 Å². The van der Waals surface area contributed by atoms with Crippen molar-refractivity contribution >= 4 is 11.6 Å². The molecule has 2 nitrogen and oxygen atoms in total. The van der Waals surface area contributed by atoms with Crippen LogP contribution in [0.4, 0.5) is 8.78 Å². The largest absolute Gasteiger partial charge is 0.289 e. The number of ketones is 2. The van der Waals surface area contributed by atoms with Gasteiger partial charge >= 0.3 is 0 Å². The fraction of sp³-hybridized carbons (Fsp3) is 0.238. The maximum atomic E-state index is 12.7. The maximum absolute atomic E-state index is 12.7. The average molecular weight is 348 g/mol. The topological polar surface area (TPSA) is 34.1 Å². The van der Waals surface area contributed by atoms with Crippen LogP contribution in [0.3, 0.4) is 0 Å². The molecule has 1 aromatic carbocycles. The van der Waals surface area contributed by atoms with Crippen molar-refractivity contribution < 1.29 is 18.4 Å². The number of allylic oxidation sites excluding steroid dienone is 7. The monoisotopic (exact) mass is 348 g/mol. The molecule has 1 aromatic rings. The third-order valence-electron chi connectivity index (χ3n) is 2.48. The summed E-state index contributed by atoms with van der Waals surface area (Å²) in [5.41, 5.74) is 0.486. The Bertz CT molecular complexity index is 609. The molecule has 4 heteroatoms. The average Bonchev–Trinajstić information content (AvgIpc) is 2.66. The van der Waals surface area contributed by atoms with Gasteiger partial charge in [0.15, 0.2) is 11.6 Å². The lowest BCUT2D eigenvalue weighted by Crippen LogP contribution is -1.99. The molecule has 0 atom stereocenters. The first-order chi connectivity index (χ1) is 12.1. The molecule has 0 saturated carbocycles. The van der Waals surface area contributed by atoms with Gasteiger partial charge in [-0.15, -0.1) is 0 Å². The van der Waals surface area contributed by atoms with Crippen LogP contribution < -0.4 is 0 Å². The minimum absolute atomic E-state index is 0.214. The van der Waals surface area contributed by atoms with Crippen molar-refractivity contribution in [3.8, 4) is 0 Å². The van der Waals surface area contributed by atoms with Crippen molar-refractivity contribution in [1.82, 2.24) is 0 Å². The van der Waals surface area contributed by atoms with E-state index in [0.29, 0.717) is 0 Å². The Morgan fingerprint density at radius 3 is 2.04 bits per heavy atom. The van der Waals surface area contributed by atoms with E-state index in [0.717, 1.165) is 24.3 Å². The van der Waals surface area contributed by atoms with E-state index < -0.39 is 24.1 Å². The van der Waals surface area contributed by atoms with E-state index in [1.807, 2.05) is 27.7 Å². The molecule has 0 aliphatic rings. The molecule has 0 bridgehead atoms. The molecule has 0 aliphatic carbocycles. The highest BCUT2D eigenvalue weighted by atomic mass is 19.1. The fourth-order valence-electron chi connectivity index (χ4n) is 1.48. The van der Waals surface area contributed by atoms with Crippen molar-refractivity contribution in [2.24, 2.45) is 0 Å². The summed E-state index contributed by atoms with van der Waals surface area (Å²) in [7, 11) is 0. The highest BCUT2D eigenvalue weighted by Gasteiger charge is 2.05. The van der Waals surface area contributed by atoms with Gasteiger partial charge in [0, 0.05) is 11.1 Å². The van der Waals surface area contributed by atoms with E-state index in [1.165, 1.54) is 36.4 Å². The lowest BCUT2D eigenvalue weighted by molar-refractivity contribution is -0.111. The van der Waals surface area contributed by atoms with Crippen LogP contribution in [0.5, 0.6) is 0 Å². The number of carbonyl (C=O) groups excluding carboxylic acids is 2. The summed E-state index contributed by atoms with van der Waals surface area (Å²) in [4.78, 5) is 23.6. The van der Waals surface area contributed by atoms with E-state index in [1.54, 1.807) is 0 Å². The Balaban J connectivity index is 0. The molecule has 25 heavy (non-hydrogen) atoms. The van der Waals surface area contributed by atoms with Gasteiger partial charge < -0.3 is 0 Å². The number of carbonyl (C=O) groups is 2. The molecule has 0 N–H and O–H groups in total. The van der Waals surface area contributed by atoms with E-state index >= 15 is 0 Å². The normalized spacial score (nSPS) is 10.6. The Morgan fingerprint density at radius 1 is 1.00 bits per heavy atom. The number of alkyl halides is 1. The summed E-state index contributed by atoms with van der Waals surface area (Å²) in [6.07, 6.45) is 7.49. The first kappa shape index (κ1) is 24.6. The van der Waals surface area contributed by atoms with E-state index in [4.69, 9.17) is 0 Å². The maximum Gasteiger partial charge on any atom is 0.185 e. The van der Waals surface area contributed by atoms with Gasteiger partial charge in [-0.1, -0.05) is 58.6 Å². The third-order valence-corrected chi connectivity index (χ3v) is 2.48. The molecule has 0 heterocycles. The van der Waals surface area contributed by atoms with Gasteiger partial charge in [0.1, 0.15) is 12.5 Å². The zero-order chi connectivity index (χ0) is 19.7. The Hall–Kier alpha value is -2.62. The Labute approximate surface area is 149 Å². The predicted octanol–water partition coefficient (Wildman–Crippen LogP) is 5.82. The van der Waals surface area contributed by atoms with Crippen molar-refractivity contribution in [2.75, 3.05) is 6.67 Å². The smallest absolute Gasteiger partial charge is 0.185 e. The minimum atomic E-state index is -0.694. The summed E-state index contributed by atoms with van der Waals surface area (Å²) in [6, 6.07) is 4.98. The molecule has 0 unspecified atom stereocenters. The summed E-state index contributed by atoms with van der Waals surface area (Å²) < 4.78 is 24.8. The van der Waals surface area contributed by atoms with Crippen molar-refractivity contribution in [2.45, 2.75) is 27.7 Å². The Morgan fingerprint density at radius 2 is 1.56 bits per heavy atom. The lowest BCUT2D eigenvalue weighted by Gasteiger charge is -1.97. The summed E-state index contributed by atoms with van der Waals surface area (Å²) in [5, 5.41) is 0. The second kappa shape index (κ2) is 16.2. The number of benzene rings is 1. The molecule has 0 aliphatic heterocycles. The van der Waals surface area contributed by atoms with Crippen LogP contribution in [0.1, 0.15) is 38.1 Å². The highest BCUT2D eigenvalue weighted by Crippen LogP contribution is 2.06. The standard InChI is InChI=1S/C17H14F2O2.2C2H6/c1-2-4-13(5-3-12-18)16(20)10-11-17(21)14-6-8-15(19)9-7-14;2*1-2/h2-11H,1,12H2;2*1-2H3/b5-3-,11-10+,13-4+;;. The van der Waals surface area contributed by atoms with Gasteiger partial charge in [0.05, 0.1) is 0 Å². The molecular formula is C21H26F2O2. The van der Waals surface area contributed by atoms with Crippen molar-refractivity contribution in [3.05, 3.63) is 84.3 Å². The minimum Gasteiger partial charge on any atom is -0.289 e. The quantitative estimate of drug-likeness (QED) is 0.353. The van der Waals surface area contributed by atoms with Crippen LogP contribution in [-0.4, -0.2) is 18.2 Å². The number of hydrogen-bond donors (Lipinski definition) is 0. The van der Waals surface area contributed by atoms with Gasteiger partial charge in [0.25, 0.3) is 0 Å². The van der Waals surface area contributed by atoms with Gasteiger partial charge in [-0.25, -0.2) is 8.78 Å². The second-order valence-corrected chi connectivity index (χ2v) is 3.98. The van der Waals surface area contributed by atoms with Crippen molar-refractivity contribution in [3.63, 3.8) is 0 Å². The molecule has 0 radical (unpaired) electrons. The number of hydrogen-bond acceptors (Lipinski definition) is 2. The second-order valence-electron chi connectivity index (χ2n) is 3.98. The SMILES string of the molecule is C=C/C=C(\C=C/CF)C(=O)/C=C/C(=O)c1ccc(F)cc1.CC.CC. The molecule has 0 saturated heterocycles. The van der Waals surface area contributed by atoms with E-state index in [-0.39, 0.29) is 11.1 Å². The van der Waals surface area contributed by atoms with Crippen LogP contribution in [0.15, 0.2) is 72.9 Å². The van der Waals surface area contributed by atoms with Gasteiger partial charge in [-0.05, 0) is 36.4 Å². The van der Waals surface area contributed by atoms with Crippen LogP contribution in [0.2, 0.25) is 0 Å². The molecule has 1 rings (SSSR count). The molecule has 0 amide bonds. The van der Waals surface area contributed by atoms with E-state index in [9.17, 15) is 18.4 Å². The van der Waals surface area contributed by atoms with Crippen LogP contribution in [-0.2, 0) is 4.79 Å². The molecule has 0 fully saturated rings. The summed E-state index contributed by atoms with van der Waals surface area (Å²) in [6.45, 7) is 10.8. The Kier molecular flexibility index (Phi) is 16.0.